The van der Waals surface area contributed by atoms with Gasteiger partial charge in [0.2, 0.25) is 6.71 Å². The fourth-order valence-electron chi connectivity index (χ4n) is 2.82. The Kier molecular flexibility index (Phi) is 5.84. The molecule has 0 radical (unpaired) electrons. The first kappa shape index (κ1) is 18.1. The SMILES string of the molecule is C=CCB(c1ccc([N+](=O)[O-])cc1)c1ccc([N+](=O)[O-])cc1CC=C. The number of nitro groups is 2. The maximum absolute atomic E-state index is 11.0. The molecule has 7 heteroatoms. The Labute approximate surface area is 145 Å². The molecule has 2 aromatic rings. The first-order chi connectivity index (χ1) is 12.0. The lowest BCUT2D eigenvalue weighted by Gasteiger charge is -2.16. The number of nitrogens with zero attached hydrogens (tertiary/aromatic N) is 2. The molecule has 0 aromatic heterocycles. The van der Waals surface area contributed by atoms with Gasteiger partial charge in [-0.05, 0) is 18.3 Å². The summed E-state index contributed by atoms with van der Waals surface area (Å²) in [6.45, 7) is 7.41. The minimum atomic E-state index is -0.443. The lowest BCUT2D eigenvalue weighted by Crippen LogP contribution is -2.43. The normalized spacial score (nSPS) is 10.1. The van der Waals surface area contributed by atoms with Crippen LogP contribution in [0.5, 0.6) is 0 Å². The number of hydrogen-bond acceptors (Lipinski definition) is 4. The maximum atomic E-state index is 11.0. The van der Waals surface area contributed by atoms with Crippen LogP contribution in [0.2, 0.25) is 6.32 Å². The van der Waals surface area contributed by atoms with Gasteiger partial charge in [-0.25, -0.2) is 0 Å². The number of non-ortho nitro benzene ring substituents is 2. The highest BCUT2D eigenvalue weighted by molar-refractivity contribution is 6.85. The van der Waals surface area contributed by atoms with Crippen LogP contribution in [0.4, 0.5) is 11.4 Å². The zero-order valence-corrected chi connectivity index (χ0v) is 13.6. The van der Waals surface area contributed by atoms with E-state index in [1.165, 1.54) is 18.2 Å². The van der Waals surface area contributed by atoms with E-state index < -0.39 is 9.85 Å². The third-order valence-electron chi connectivity index (χ3n) is 3.99. The Bertz CT molecular complexity index is 818. The summed E-state index contributed by atoms with van der Waals surface area (Å²) in [7, 11) is 0. The minimum absolute atomic E-state index is 0.0242. The highest BCUT2D eigenvalue weighted by Gasteiger charge is 2.23. The van der Waals surface area contributed by atoms with E-state index in [9.17, 15) is 20.2 Å². The summed E-state index contributed by atoms with van der Waals surface area (Å²) < 4.78 is 0. The Morgan fingerprint density at radius 2 is 1.52 bits per heavy atom. The third kappa shape index (κ3) is 4.20. The van der Waals surface area contributed by atoms with E-state index in [4.69, 9.17) is 0 Å². The number of allylic oxidation sites excluding steroid dienone is 2. The Balaban J connectivity index is 2.51. The highest BCUT2D eigenvalue weighted by Crippen LogP contribution is 2.15. The van der Waals surface area contributed by atoms with Crippen LogP contribution in [0.1, 0.15) is 5.56 Å². The van der Waals surface area contributed by atoms with E-state index in [1.54, 1.807) is 36.4 Å². The molecular weight excluding hydrogens is 319 g/mol. The van der Waals surface area contributed by atoms with Gasteiger partial charge in [0.25, 0.3) is 11.4 Å². The smallest absolute Gasteiger partial charge is 0.258 e. The molecule has 126 valence electrons. The van der Waals surface area contributed by atoms with Gasteiger partial charge in [0.05, 0.1) is 9.85 Å². The number of benzene rings is 2. The molecule has 0 aliphatic rings. The molecule has 2 rings (SSSR count). The van der Waals surface area contributed by atoms with Gasteiger partial charge in [0.1, 0.15) is 0 Å². The number of rotatable bonds is 8. The summed E-state index contributed by atoms with van der Waals surface area (Å²) in [5.41, 5.74) is 2.69. The van der Waals surface area contributed by atoms with Crippen molar-refractivity contribution in [2.75, 3.05) is 0 Å². The van der Waals surface area contributed by atoms with Crippen LogP contribution in [0.25, 0.3) is 0 Å². The van der Waals surface area contributed by atoms with E-state index in [0.29, 0.717) is 12.7 Å². The molecule has 0 saturated carbocycles. The second-order valence-corrected chi connectivity index (χ2v) is 5.56. The largest absolute Gasteiger partial charge is 0.269 e. The molecule has 0 saturated heterocycles. The summed E-state index contributed by atoms with van der Waals surface area (Å²) in [6, 6.07) is 11.1. The molecule has 6 nitrogen and oxygen atoms in total. The minimum Gasteiger partial charge on any atom is -0.258 e. The van der Waals surface area contributed by atoms with Crippen molar-refractivity contribution >= 4 is 29.0 Å². The summed E-state index contributed by atoms with van der Waals surface area (Å²) >= 11 is 0. The lowest BCUT2D eigenvalue weighted by atomic mass is 9.38. The van der Waals surface area contributed by atoms with Crippen molar-refractivity contribution in [1.82, 2.24) is 0 Å². The highest BCUT2D eigenvalue weighted by atomic mass is 16.6. The van der Waals surface area contributed by atoms with Gasteiger partial charge in [-0.3, -0.25) is 20.2 Å². The topological polar surface area (TPSA) is 86.3 Å². The van der Waals surface area contributed by atoms with Crippen molar-refractivity contribution < 1.29 is 9.85 Å². The molecular formula is C18H17BN2O4. The summed E-state index contributed by atoms with van der Waals surface area (Å²) in [4.78, 5) is 21.0. The van der Waals surface area contributed by atoms with Crippen molar-refractivity contribution in [3.05, 3.63) is 93.6 Å². The molecule has 0 spiro atoms. The fraction of sp³-hybridized carbons (Fsp3) is 0.111. The van der Waals surface area contributed by atoms with Gasteiger partial charge in [-0.2, -0.15) is 0 Å². The zero-order valence-electron chi connectivity index (χ0n) is 13.6. The maximum Gasteiger partial charge on any atom is 0.269 e. The molecule has 0 atom stereocenters. The number of hydrogen-bond donors (Lipinski definition) is 0. The van der Waals surface area contributed by atoms with Crippen LogP contribution in [-0.4, -0.2) is 16.6 Å². The Morgan fingerprint density at radius 1 is 0.920 bits per heavy atom. The molecule has 25 heavy (non-hydrogen) atoms. The van der Waals surface area contributed by atoms with Crippen molar-refractivity contribution in [2.24, 2.45) is 0 Å². The molecule has 0 bridgehead atoms. The van der Waals surface area contributed by atoms with Gasteiger partial charge >= 0.3 is 0 Å². The quantitative estimate of drug-likeness (QED) is 0.321. The lowest BCUT2D eigenvalue weighted by molar-refractivity contribution is -0.385. The van der Waals surface area contributed by atoms with Crippen LogP contribution < -0.4 is 10.9 Å². The van der Waals surface area contributed by atoms with Crippen molar-refractivity contribution in [3.63, 3.8) is 0 Å². The Morgan fingerprint density at radius 3 is 2.04 bits per heavy atom. The molecule has 0 fully saturated rings. The van der Waals surface area contributed by atoms with Crippen LogP contribution in [0, 0.1) is 20.2 Å². The monoisotopic (exact) mass is 336 g/mol. The summed E-state index contributed by atoms with van der Waals surface area (Å²) in [5, 5.41) is 21.9. The van der Waals surface area contributed by atoms with E-state index >= 15 is 0 Å². The molecule has 0 heterocycles. The average Bonchev–Trinajstić information content (AvgIpc) is 2.60. The predicted molar refractivity (Wildman–Crippen MR) is 100 cm³/mol. The standard InChI is InChI=1S/C18H17BN2O4/c1-3-5-14-13-17(21(24)25)10-11-18(14)19(12-4-2)15-6-8-16(9-7-15)20(22)23/h3-4,6-11,13H,1-2,5,12H2. The molecule has 0 N–H and O–H groups in total. The van der Waals surface area contributed by atoms with Crippen molar-refractivity contribution in [1.29, 1.82) is 0 Å². The molecule has 0 aliphatic heterocycles. The van der Waals surface area contributed by atoms with Crippen LogP contribution in [0.15, 0.2) is 67.8 Å². The molecule has 0 amide bonds. The fourth-order valence-corrected chi connectivity index (χ4v) is 2.82. The van der Waals surface area contributed by atoms with Crippen LogP contribution in [-0.2, 0) is 6.42 Å². The first-order valence-corrected chi connectivity index (χ1v) is 7.71. The van der Waals surface area contributed by atoms with E-state index in [1.807, 2.05) is 0 Å². The van der Waals surface area contributed by atoms with Crippen molar-refractivity contribution in [3.8, 4) is 0 Å². The van der Waals surface area contributed by atoms with E-state index in [0.717, 1.165) is 16.5 Å². The van der Waals surface area contributed by atoms with E-state index in [2.05, 4.69) is 13.2 Å². The summed E-state index contributed by atoms with van der Waals surface area (Å²) in [6.07, 6.45) is 4.58. The molecule has 0 unspecified atom stereocenters. The second kappa shape index (κ2) is 8.05. The second-order valence-electron chi connectivity index (χ2n) is 5.56. The van der Waals surface area contributed by atoms with E-state index in [-0.39, 0.29) is 18.1 Å². The van der Waals surface area contributed by atoms with Gasteiger partial charge in [0, 0.05) is 24.3 Å². The van der Waals surface area contributed by atoms with Gasteiger partial charge < -0.3 is 0 Å². The van der Waals surface area contributed by atoms with Crippen LogP contribution in [0.3, 0.4) is 0 Å². The Hall–Kier alpha value is -3.22. The van der Waals surface area contributed by atoms with Gasteiger partial charge in [-0.15, -0.1) is 13.2 Å². The third-order valence-corrected chi connectivity index (χ3v) is 3.99. The average molecular weight is 336 g/mol. The zero-order chi connectivity index (χ0) is 18.4. The first-order valence-electron chi connectivity index (χ1n) is 7.71. The number of nitro benzene ring substituents is 2. The predicted octanol–water partition coefficient (Wildman–Crippen LogP) is 3.03. The van der Waals surface area contributed by atoms with Gasteiger partial charge in [-0.1, -0.05) is 41.3 Å². The summed E-state index contributed by atoms with van der Waals surface area (Å²) in [5.74, 6) is 0. The molecule has 0 aliphatic carbocycles. The molecule has 2 aromatic carbocycles. The van der Waals surface area contributed by atoms with Crippen molar-refractivity contribution in [2.45, 2.75) is 12.7 Å². The van der Waals surface area contributed by atoms with Gasteiger partial charge in [0.15, 0.2) is 0 Å². The van der Waals surface area contributed by atoms with Crippen LogP contribution >= 0.6 is 0 Å².